The van der Waals surface area contributed by atoms with Crippen LogP contribution in [-0.2, 0) is 20.7 Å². The number of hydrogen-bond acceptors (Lipinski definition) is 3. The van der Waals surface area contributed by atoms with Crippen molar-refractivity contribution >= 4 is 6.29 Å². The van der Waals surface area contributed by atoms with Crippen molar-refractivity contribution in [3.8, 4) is 0 Å². The minimum atomic E-state index is -0.507. The molecule has 1 aromatic carbocycles. The van der Waals surface area contributed by atoms with E-state index in [9.17, 15) is 4.79 Å². The fourth-order valence-corrected chi connectivity index (χ4v) is 9.58. The average molecular weight is 463 g/mol. The number of carbonyl (C=O) groups is 1. The summed E-state index contributed by atoms with van der Waals surface area (Å²) in [5, 5.41) is 0. The van der Waals surface area contributed by atoms with E-state index < -0.39 is 5.79 Å². The molecule has 3 nitrogen and oxygen atoms in total. The van der Waals surface area contributed by atoms with E-state index in [0.29, 0.717) is 30.5 Å². The predicted octanol–water partition coefficient (Wildman–Crippen LogP) is 6.90. The van der Waals surface area contributed by atoms with Gasteiger partial charge in [0, 0.05) is 23.7 Å². The summed E-state index contributed by atoms with van der Waals surface area (Å²) in [6.07, 6.45) is 12.4. The van der Waals surface area contributed by atoms with Crippen molar-refractivity contribution < 1.29 is 14.3 Å². The van der Waals surface area contributed by atoms with Crippen LogP contribution in [-0.4, -0.2) is 25.3 Å². The van der Waals surface area contributed by atoms with Crippen LogP contribution in [0.15, 0.2) is 41.5 Å². The van der Waals surface area contributed by atoms with E-state index >= 15 is 0 Å². The van der Waals surface area contributed by atoms with E-state index in [2.05, 4.69) is 51.1 Å². The quantitative estimate of drug-likeness (QED) is 0.361. The standard InChI is InChI=1S/C31H42O3/c1-22(19-23-7-5-4-6-8-23)25-9-10-26-24-11-14-30(21-32)20-31(33-17-18-34-31)16-15-29(30,3)27(24)12-13-28(25,26)2/h4-8,21-22,25-26H,9-20H2,1-3H3/t22-,25-,26+,28-,29-,30-/m1/s1. The van der Waals surface area contributed by atoms with Crippen molar-refractivity contribution in [2.75, 3.05) is 13.2 Å². The molecule has 0 radical (unpaired) electrons. The van der Waals surface area contributed by atoms with Gasteiger partial charge < -0.3 is 14.3 Å². The van der Waals surface area contributed by atoms with Gasteiger partial charge in [-0.25, -0.2) is 0 Å². The molecule has 4 aliphatic carbocycles. The Hall–Kier alpha value is -1.45. The molecule has 0 unspecified atom stereocenters. The molecule has 0 N–H and O–H groups in total. The van der Waals surface area contributed by atoms with Gasteiger partial charge in [-0.05, 0) is 80.1 Å². The summed E-state index contributed by atoms with van der Waals surface area (Å²) in [7, 11) is 0. The average Bonchev–Trinajstić information content (AvgIpc) is 3.44. The molecule has 0 bridgehead atoms. The fraction of sp³-hybridized carbons (Fsp3) is 0.710. The van der Waals surface area contributed by atoms with Gasteiger partial charge in [-0.15, -0.1) is 0 Å². The number of hydrogen-bond donors (Lipinski definition) is 0. The van der Waals surface area contributed by atoms with Gasteiger partial charge in [0.2, 0.25) is 0 Å². The molecule has 2 saturated carbocycles. The summed E-state index contributed by atoms with van der Waals surface area (Å²) in [6.45, 7) is 8.87. The Morgan fingerprint density at radius 1 is 1.00 bits per heavy atom. The van der Waals surface area contributed by atoms with E-state index in [1.807, 2.05) is 0 Å². The zero-order valence-electron chi connectivity index (χ0n) is 21.4. The molecular weight excluding hydrogens is 420 g/mol. The van der Waals surface area contributed by atoms with Crippen LogP contribution in [0.1, 0.15) is 84.1 Å². The molecule has 34 heavy (non-hydrogen) atoms. The van der Waals surface area contributed by atoms with Crippen LogP contribution in [0.2, 0.25) is 0 Å². The summed E-state index contributed by atoms with van der Waals surface area (Å²) in [5.41, 5.74) is 4.94. The Morgan fingerprint density at radius 3 is 2.50 bits per heavy atom. The third kappa shape index (κ3) is 3.18. The molecule has 1 aliphatic heterocycles. The molecule has 0 amide bonds. The van der Waals surface area contributed by atoms with Crippen molar-refractivity contribution in [3.05, 3.63) is 47.0 Å². The molecule has 0 aromatic heterocycles. The van der Waals surface area contributed by atoms with Gasteiger partial charge in [-0.3, -0.25) is 0 Å². The van der Waals surface area contributed by atoms with Crippen LogP contribution in [0.4, 0.5) is 0 Å². The highest BCUT2D eigenvalue weighted by molar-refractivity contribution is 5.65. The highest BCUT2D eigenvalue weighted by atomic mass is 16.7. The zero-order chi connectivity index (χ0) is 23.6. The molecule has 3 heteroatoms. The van der Waals surface area contributed by atoms with Crippen molar-refractivity contribution in [3.63, 3.8) is 0 Å². The highest BCUT2D eigenvalue weighted by Gasteiger charge is 2.64. The van der Waals surface area contributed by atoms with Gasteiger partial charge in [0.1, 0.15) is 6.29 Å². The monoisotopic (exact) mass is 462 g/mol. The van der Waals surface area contributed by atoms with E-state index in [4.69, 9.17) is 9.47 Å². The van der Waals surface area contributed by atoms with Gasteiger partial charge >= 0.3 is 0 Å². The Bertz CT molecular complexity index is 976. The third-order valence-corrected chi connectivity index (χ3v) is 11.5. The lowest BCUT2D eigenvalue weighted by atomic mass is 9.45. The minimum absolute atomic E-state index is 0.0298. The largest absolute Gasteiger partial charge is 0.347 e. The van der Waals surface area contributed by atoms with Gasteiger partial charge in [-0.2, -0.15) is 0 Å². The fourth-order valence-electron chi connectivity index (χ4n) is 9.58. The van der Waals surface area contributed by atoms with Gasteiger partial charge in [0.25, 0.3) is 0 Å². The van der Waals surface area contributed by atoms with Crippen molar-refractivity contribution in [2.45, 2.75) is 90.8 Å². The lowest BCUT2D eigenvalue weighted by Crippen LogP contribution is -2.57. The second kappa shape index (κ2) is 8.03. The second-order valence-corrected chi connectivity index (χ2v) is 12.8. The van der Waals surface area contributed by atoms with E-state index in [1.165, 1.54) is 44.0 Å². The number of fused-ring (bicyclic) bond motifs is 4. The minimum Gasteiger partial charge on any atom is -0.347 e. The molecular formula is C31H42O3. The lowest BCUT2D eigenvalue weighted by molar-refractivity contribution is -0.223. The van der Waals surface area contributed by atoms with Crippen LogP contribution in [0, 0.1) is 34.0 Å². The molecule has 1 spiro atoms. The number of aldehydes is 1. The first kappa shape index (κ1) is 23.0. The highest BCUT2D eigenvalue weighted by Crippen LogP contribution is 2.69. The number of rotatable bonds is 4. The zero-order valence-corrected chi connectivity index (χ0v) is 21.4. The molecule has 184 valence electrons. The summed E-state index contributed by atoms with van der Waals surface area (Å²) >= 11 is 0. The number of ether oxygens (including phenoxy) is 2. The Labute approximate surface area is 205 Å². The van der Waals surface area contributed by atoms with Crippen LogP contribution in [0.3, 0.4) is 0 Å². The molecule has 1 saturated heterocycles. The van der Waals surface area contributed by atoms with E-state index in [1.54, 1.807) is 11.1 Å². The van der Waals surface area contributed by atoms with Gasteiger partial charge in [0.15, 0.2) is 5.79 Å². The maximum Gasteiger partial charge on any atom is 0.169 e. The van der Waals surface area contributed by atoms with Crippen LogP contribution >= 0.6 is 0 Å². The maximum absolute atomic E-state index is 12.8. The summed E-state index contributed by atoms with van der Waals surface area (Å²) < 4.78 is 12.2. The van der Waals surface area contributed by atoms with Gasteiger partial charge in [-0.1, -0.05) is 62.2 Å². The van der Waals surface area contributed by atoms with Crippen LogP contribution in [0.25, 0.3) is 0 Å². The summed E-state index contributed by atoms with van der Waals surface area (Å²) in [5.74, 6) is 1.69. The smallest absolute Gasteiger partial charge is 0.169 e. The second-order valence-electron chi connectivity index (χ2n) is 12.8. The maximum atomic E-state index is 12.8. The number of allylic oxidation sites excluding steroid dienone is 2. The van der Waals surface area contributed by atoms with Gasteiger partial charge in [0.05, 0.1) is 13.2 Å². The third-order valence-electron chi connectivity index (χ3n) is 11.5. The Morgan fingerprint density at radius 2 is 1.76 bits per heavy atom. The summed E-state index contributed by atoms with van der Waals surface area (Å²) in [6, 6.07) is 11.1. The first-order valence-electron chi connectivity index (χ1n) is 13.9. The number of carbonyl (C=O) groups excluding carboxylic acids is 1. The first-order valence-corrected chi connectivity index (χ1v) is 13.9. The van der Waals surface area contributed by atoms with Crippen LogP contribution in [0.5, 0.6) is 0 Å². The Kier molecular flexibility index (Phi) is 5.43. The molecule has 1 aromatic rings. The van der Waals surface area contributed by atoms with Crippen molar-refractivity contribution in [1.82, 2.24) is 0 Å². The molecule has 6 atom stereocenters. The molecule has 3 fully saturated rings. The van der Waals surface area contributed by atoms with Crippen molar-refractivity contribution in [1.29, 1.82) is 0 Å². The SMILES string of the molecule is C[C@H](Cc1ccccc1)[C@H]1CC[C@H]2C3=C(CC[C@]12C)[C@@]1(C)CCC2(C[C@@]1(C=O)CC3)OCCO2. The molecule has 5 aliphatic rings. The Balaban J connectivity index is 1.29. The van der Waals surface area contributed by atoms with E-state index in [0.717, 1.165) is 38.0 Å². The number of benzene rings is 1. The van der Waals surface area contributed by atoms with E-state index in [-0.39, 0.29) is 10.8 Å². The van der Waals surface area contributed by atoms with Crippen LogP contribution < -0.4 is 0 Å². The topological polar surface area (TPSA) is 35.5 Å². The van der Waals surface area contributed by atoms with Crippen molar-refractivity contribution in [2.24, 2.45) is 34.0 Å². The molecule has 6 rings (SSSR count). The summed E-state index contributed by atoms with van der Waals surface area (Å²) in [4.78, 5) is 12.8. The first-order chi connectivity index (χ1) is 16.3. The normalized spacial score (nSPS) is 41.6. The predicted molar refractivity (Wildman–Crippen MR) is 134 cm³/mol. The molecule has 1 heterocycles. The lowest BCUT2D eigenvalue weighted by Gasteiger charge is -2.60.